The summed E-state index contributed by atoms with van der Waals surface area (Å²) < 4.78 is 3.86. The Morgan fingerprint density at radius 3 is 2.81 bits per heavy atom. The van der Waals surface area contributed by atoms with Crippen molar-refractivity contribution >= 4 is 22.5 Å². The number of aromatic nitrogens is 6. The zero-order valence-corrected chi connectivity index (χ0v) is 14.5. The number of nitrogens with one attached hydrogen (secondary N) is 1. The Labute approximate surface area is 149 Å². The van der Waals surface area contributed by atoms with Gasteiger partial charge in [-0.1, -0.05) is 12.1 Å². The number of imidazole rings is 1. The fraction of sp³-hybridized carbons (Fsp3) is 0.333. The van der Waals surface area contributed by atoms with E-state index in [9.17, 15) is 4.79 Å². The molecule has 5 rings (SSSR count). The highest BCUT2D eigenvalue weighted by Gasteiger charge is 2.25. The summed E-state index contributed by atoms with van der Waals surface area (Å²) in [5, 5.41) is 8.42. The summed E-state index contributed by atoms with van der Waals surface area (Å²) in [5.74, 6) is 1.71. The number of fused-ring (bicyclic) bond motifs is 2. The lowest BCUT2D eigenvalue weighted by molar-refractivity contribution is 0.395. The van der Waals surface area contributed by atoms with Gasteiger partial charge in [0.05, 0.1) is 11.0 Å². The number of aryl methyl sites for hydroxylation is 1. The SMILES string of the molecule is Cc1nnc2c(N3CCC(n4c(=O)[nH]c5ccccc54)CC3)nccn12. The molecule has 1 aliphatic heterocycles. The second-order valence-electron chi connectivity index (χ2n) is 6.73. The Balaban J connectivity index is 1.44. The molecular weight excluding hydrogens is 330 g/mol. The van der Waals surface area contributed by atoms with Crippen molar-refractivity contribution in [2.75, 3.05) is 18.0 Å². The fourth-order valence-electron chi connectivity index (χ4n) is 3.92. The molecule has 1 N–H and O–H groups in total. The first-order chi connectivity index (χ1) is 12.7. The molecule has 8 heteroatoms. The van der Waals surface area contributed by atoms with Gasteiger partial charge in [0.15, 0.2) is 5.82 Å². The van der Waals surface area contributed by atoms with E-state index in [4.69, 9.17) is 0 Å². The number of nitrogens with zero attached hydrogens (tertiary/aromatic N) is 6. The molecule has 4 aromatic rings. The van der Waals surface area contributed by atoms with Crippen LogP contribution in [-0.2, 0) is 0 Å². The molecule has 1 fully saturated rings. The largest absolute Gasteiger partial charge is 0.353 e. The molecule has 1 aliphatic rings. The van der Waals surface area contributed by atoms with E-state index in [0.29, 0.717) is 0 Å². The van der Waals surface area contributed by atoms with Gasteiger partial charge in [0.25, 0.3) is 0 Å². The van der Waals surface area contributed by atoms with Crippen LogP contribution in [0, 0.1) is 6.92 Å². The molecule has 132 valence electrons. The molecule has 0 spiro atoms. The third kappa shape index (κ3) is 2.22. The summed E-state index contributed by atoms with van der Waals surface area (Å²) in [4.78, 5) is 22.1. The predicted octanol–water partition coefficient (Wildman–Crippen LogP) is 1.92. The number of rotatable bonds is 2. The van der Waals surface area contributed by atoms with Gasteiger partial charge in [0, 0.05) is 31.5 Å². The lowest BCUT2D eigenvalue weighted by Gasteiger charge is -2.33. The van der Waals surface area contributed by atoms with Crippen LogP contribution in [0.2, 0.25) is 0 Å². The van der Waals surface area contributed by atoms with Crippen LogP contribution in [0.25, 0.3) is 16.7 Å². The minimum absolute atomic E-state index is 0.0297. The molecule has 0 aliphatic carbocycles. The Kier molecular flexibility index (Phi) is 3.31. The molecule has 0 bridgehead atoms. The van der Waals surface area contributed by atoms with Gasteiger partial charge in [-0.3, -0.25) is 8.97 Å². The molecule has 0 unspecified atom stereocenters. The number of hydrogen-bond acceptors (Lipinski definition) is 5. The van der Waals surface area contributed by atoms with E-state index in [1.54, 1.807) is 6.20 Å². The predicted molar refractivity (Wildman–Crippen MR) is 98.6 cm³/mol. The monoisotopic (exact) mass is 349 g/mol. The van der Waals surface area contributed by atoms with Crippen molar-refractivity contribution in [3.05, 3.63) is 53.0 Å². The minimum atomic E-state index is -0.0297. The van der Waals surface area contributed by atoms with Crippen molar-refractivity contribution in [2.24, 2.45) is 0 Å². The lowest BCUT2D eigenvalue weighted by atomic mass is 10.0. The van der Waals surface area contributed by atoms with Crippen LogP contribution in [0.4, 0.5) is 5.82 Å². The van der Waals surface area contributed by atoms with Crippen molar-refractivity contribution in [1.82, 2.24) is 29.1 Å². The van der Waals surface area contributed by atoms with E-state index in [0.717, 1.165) is 54.3 Å². The van der Waals surface area contributed by atoms with Crippen molar-refractivity contribution < 1.29 is 0 Å². The second kappa shape index (κ2) is 5.69. The molecule has 1 saturated heterocycles. The first-order valence-corrected chi connectivity index (χ1v) is 8.83. The van der Waals surface area contributed by atoms with E-state index >= 15 is 0 Å². The van der Waals surface area contributed by atoms with Crippen molar-refractivity contribution in [1.29, 1.82) is 0 Å². The quantitative estimate of drug-likeness (QED) is 0.598. The first kappa shape index (κ1) is 15.1. The summed E-state index contributed by atoms with van der Waals surface area (Å²) in [6, 6.07) is 8.05. The molecule has 0 amide bonds. The van der Waals surface area contributed by atoms with Crippen LogP contribution < -0.4 is 10.6 Å². The average Bonchev–Trinajstić information content (AvgIpc) is 3.21. The third-order valence-electron chi connectivity index (χ3n) is 5.23. The lowest BCUT2D eigenvalue weighted by Crippen LogP contribution is -2.37. The van der Waals surface area contributed by atoms with Gasteiger partial charge >= 0.3 is 5.69 Å². The molecular formula is C18H19N7O. The van der Waals surface area contributed by atoms with Crippen LogP contribution in [0.1, 0.15) is 24.7 Å². The summed E-state index contributed by atoms with van der Waals surface area (Å²) >= 11 is 0. The Hall–Kier alpha value is -3.16. The molecule has 26 heavy (non-hydrogen) atoms. The van der Waals surface area contributed by atoms with Crippen LogP contribution in [-0.4, -0.2) is 42.2 Å². The summed E-state index contributed by atoms with van der Waals surface area (Å²) in [6.45, 7) is 3.59. The molecule has 8 nitrogen and oxygen atoms in total. The molecule has 0 radical (unpaired) electrons. The van der Waals surface area contributed by atoms with Crippen molar-refractivity contribution in [3.63, 3.8) is 0 Å². The van der Waals surface area contributed by atoms with Gasteiger partial charge < -0.3 is 9.88 Å². The fourth-order valence-corrected chi connectivity index (χ4v) is 3.92. The third-order valence-corrected chi connectivity index (χ3v) is 5.23. The highest BCUT2D eigenvalue weighted by Crippen LogP contribution is 2.28. The number of benzene rings is 1. The van der Waals surface area contributed by atoms with Gasteiger partial charge in [-0.25, -0.2) is 9.78 Å². The molecule has 3 aromatic heterocycles. The summed E-state index contributed by atoms with van der Waals surface area (Å²) in [5.41, 5.74) is 2.63. The summed E-state index contributed by atoms with van der Waals surface area (Å²) in [6.07, 6.45) is 5.44. The standard InChI is InChI=1S/C18H19N7O/c1-12-21-22-17-16(19-8-11-24(12)17)23-9-6-13(7-10-23)25-15-5-3-2-4-14(15)20-18(25)26/h2-5,8,11,13H,6-7,9-10H2,1H3,(H,20,26). The molecule has 0 saturated carbocycles. The molecule has 4 heterocycles. The minimum Gasteiger partial charge on any atom is -0.353 e. The Morgan fingerprint density at radius 1 is 1.15 bits per heavy atom. The van der Waals surface area contributed by atoms with Gasteiger partial charge in [-0.2, -0.15) is 0 Å². The van der Waals surface area contributed by atoms with Gasteiger partial charge in [-0.05, 0) is 31.9 Å². The topological polar surface area (TPSA) is 84.1 Å². The van der Waals surface area contributed by atoms with E-state index < -0.39 is 0 Å². The maximum absolute atomic E-state index is 12.4. The van der Waals surface area contributed by atoms with Crippen LogP contribution in [0.5, 0.6) is 0 Å². The number of para-hydroxylation sites is 2. The summed E-state index contributed by atoms with van der Waals surface area (Å²) in [7, 11) is 0. The van der Waals surface area contributed by atoms with E-state index in [-0.39, 0.29) is 11.7 Å². The van der Waals surface area contributed by atoms with Gasteiger partial charge in [0.1, 0.15) is 5.82 Å². The smallest absolute Gasteiger partial charge is 0.326 e. The highest BCUT2D eigenvalue weighted by molar-refractivity contribution is 5.75. The van der Waals surface area contributed by atoms with Crippen LogP contribution in [0.15, 0.2) is 41.5 Å². The maximum Gasteiger partial charge on any atom is 0.326 e. The maximum atomic E-state index is 12.4. The highest BCUT2D eigenvalue weighted by atomic mass is 16.1. The number of anilines is 1. The van der Waals surface area contributed by atoms with Crippen LogP contribution >= 0.6 is 0 Å². The van der Waals surface area contributed by atoms with Gasteiger partial charge in [-0.15, -0.1) is 10.2 Å². The van der Waals surface area contributed by atoms with Crippen LogP contribution in [0.3, 0.4) is 0 Å². The first-order valence-electron chi connectivity index (χ1n) is 8.83. The molecule has 1 aromatic carbocycles. The van der Waals surface area contributed by atoms with E-state index in [1.165, 1.54) is 0 Å². The van der Waals surface area contributed by atoms with E-state index in [1.807, 2.05) is 46.4 Å². The number of hydrogen-bond donors (Lipinski definition) is 1. The van der Waals surface area contributed by atoms with Crippen molar-refractivity contribution in [3.8, 4) is 0 Å². The Morgan fingerprint density at radius 2 is 1.96 bits per heavy atom. The normalized spacial score (nSPS) is 16.0. The number of H-pyrrole nitrogens is 1. The number of piperidine rings is 1. The van der Waals surface area contributed by atoms with E-state index in [2.05, 4.69) is 25.1 Å². The zero-order valence-electron chi connectivity index (χ0n) is 14.5. The van der Waals surface area contributed by atoms with Gasteiger partial charge in [0.2, 0.25) is 5.65 Å². The van der Waals surface area contributed by atoms with Crippen molar-refractivity contribution in [2.45, 2.75) is 25.8 Å². The molecule has 0 atom stereocenters. The second-order valence-corrected chi connectivity index (χ2v) is 6.73. The number of aromatic amines is 1. The Bertz CT molecular complexity index is 1150. The average molecular weight is 349 g/mol. The zero-order chi connectivity index (χ0) is 17.7.